The number of nitrogens with two attached hydrogens (primary N) is 1. The summed E-state index contributed by atoms with van der Waals surface area (Å²) in [5, 5.41) is 6.25. The summed E-state index contributed by atoms with van der Waals surface area (Å²) in [5.74, 6) is -0.542. The standard InChI is InChI=1S/C29H24N2O.C10H13NO/c1-21(23-16-18-27(19-17-23)25-10-6-3-7-11-25)31-28(29(30)32)20-22-12-14-26(15-13-22)24-8-4-2-5-9-24;12-8-4-7-11-9-10-5-2-1-3-6-10/h2-20,31H,1H2,(H2,30,32);1-3,5-6,8,11H,4,7,9H2/b28-20+;. The molecule has 4 N–H and O–H groups in total. The third kappa shape index (κ3) is 9.79. The van der Waals surface area contributed by atoms with Crippen LogP contribution in [0.2, 0.25) is 0 Å². The zero-order valence-electron chi connectivity index (χ0n) is 24.7. The fourth-order valence-electron chi connectivity index (χ4n) is 4.46. The molecule has 0 fully saturated rings. The van der Waals surface area contributed by atoms with Crippen LogP contribution in [0.5, 0.6) is 0 Å². The Kier molecular flexibility index (Phi) is 12.0. The number of rotatable bonds is 12. The minimum atomic E-state index is -0.542. The van der Waals surface area contributed by atoms with Gasteiger partial charge in [-0.05, 0) is 45.0 Å². The minimum absolute atomic E-state index is 0.287. The fourth-order valence-corrected chi connectivity index (χ4v) is 4.46. The van der Waals surface area contributed by atoms with Gasteiger partial charge in [-0.1, -0.05) is 146 Å². The molecule has 5 aromatic carbocycles. The first-order valence-electron chi connectivity index (χ1n) is 14.5. The largest absolute Gasteiger partial charge is 0.364 e. The quantitative estimate of drug-likeness (QED) is 0.0813. The number of hydrogen-bond acceptors (Lipinski definition) is 4. The molecule has 5 heteroatoms. The number of carbonyl (C=O) groups excluding carboxylic acids is 2. The predicted octanol–water partition coefficient (Wildman–Crippen LogP) is 7.47. The van der Waals surface area contributed by atoms with E-state index in [2.05, 4.69) is 53.6 Å². The Morgan fingerprint density at radius 2 is 1.14 bits per heavy atom. The van der Waals surface area contributed by atoms with Crippen molar-refractivity contribution in [2.45, 2.75) is 13.0 Å². The van der Waals surface area contributed by atoms with Crippen molar-refractivity contribution >= 4 is 24.0 Å². The van der Waals surface area contributed by atoms with Gasteiger partial charge in [0.05, 0.1) is 0 Å². The Balaban J connectivity index is 0.000000309. The van der Waals surface area contributed by atoms with Crippen molar-refractivity contribution in [2.75, 3.05) is 6.54 Å². The lowest BCUT2D eigenvalue weighted by Gasteiger charge is -2.12. The predicted molar refractivity (Wildman–Crippen MR) is 182 cm³/mol. The molecule has 0 saturated heterocycles. The van der Waals surface area contributed by atoms with Crippen molar-refractivity contribution in [1.82, 2.24) is 10.6 Å². The molecule has 0 unspecified atom stereocenters. The Hall–Kier alpha value is -5.52. The molecule has 5 aromatic rings. The van der Waals surface area contributed by atoms with E-state index < -0.39 is 5.91 Å². The number of amides is 1. The van der Waals surface area contributed by atoms with Crippen LogP contribution in [0.4, 0.5) is 0 Å². The highest BCUT2D eigenvalue weighted by atomic mass is 16.1. The van der Waals surface area contributed by atoms with Crippen molar-refractivity contribution < 1.29 is 9.59 Å². The monoisotopic (exact) mass is 579 g/mol. The van der Waals surface area contributed by atoms with Gasteiger partial charge in [-0.25, -0.2) is 0 Å². The molecule has 0 atom stereocenters. The van der Waals surface area contributed by atoms with Gasteiger partial charge >= 0.3 is 0 Å². The van der Waals surface area contributed by atoms with Gasteiger partial charge in [0.1, 0.15) is 12.0 Å². The van der Waals surface area contributed by atoms with Crippen LogP contribution in [0.1, 0.15) is 23.1 Å². The molecule has 5 rings (SSSR count). The Morgan fingerprint density at radius 3 is 1.64 bits per heavy atom. The van der Waals surface area contributed by atoms with Gasteiger partial charge in [0, 0.05) is 25.2 Å². The molecule has 5 nitrogen and oxygen atoms in total. The van der Waals surface area contributed by atoms with Crippen molar-refractivity contribution in [3.63, 3.8) is 0 Å². The van der Waals surface area contributed by atoms with E-state index in [1.165, 1.54) is 5.56 Å². The highest BCUT2D eigenvalue weighted by Crippen LogP contribution is 2.23. The average Bonchev–Trinajstić information content (AvgIpc) is 3.08. The van der Waals surface area contributed by atoms with Crippen LogP contribution in [0.25, 0.3) is 34.0 Å². The van der Waals surface area contributed by atoms with Crippen molar-refractivity contribution in [1.29, 1.82) is 0 Å². The Labute approximate surface area is 259 Å². The van der Waals surface area contributed by atoms with Crippen molar-refractivity contribution in [3.05, 3.63) is 168 Å². The highest BCUT2D eigenvalue weighted by Gasteiger charge is 2.09. The van der Waals surface area contributed by atoms with Gasteiger partial charge in [0.2, 0.25) is 0 Å². The first kappa shape index (κ1) is 31.4. The SMILES string of the molecule is C=C(N/C(=C/c1ccc(-c2ccccc2)cc1)C(N)=O)c1ccc(-c2ccccc2)cc1.O=CCCNCc1ccccc1. The zero-order chi connectivity index (χ0) is 31.0. The summed E-state index contributed by atoms with van der Waals surface area (Å²) in [6.45, 7) is 5.69. The molecule has 44 heavy (non-hydrogen) atoms. The maximum atomic E-state index is 12.0. The summed E-state index contributed by atoms with van der Waals surface area (Å²) in [6.07, 6.45) is 3.26. The lowest BCUT2D eigenvalue weighted by atomic mass is 10.0. The Morgan fingerprint density at radius 1 is 0.659 bits per heavy atom. The van der Waals surface area contributed by atoms with Gasteiger partial charge < -0.3 is 21.2 Å². The van der Waals surface area contributed by atoms with Gasteiger partial charge in [0.25, 0.3) is 5.91 Å². The van der Waals surface area contributed by atoms with Crippen LogP contribution >= 0.6 is 0 Å². The molecular formula is C39H37N3O2. The van der Waals surface area contributed by atoms with Gasteiger partial charge in [0.15, 0.2) is 0 Å². The smallest absolute Gasteiger partial charge is 0.265 e. The summed E-state index contributed by atoms with van der Waals surface area (Å²) in [4.78, 5) is 22.0. The fraction of sp³-hybridized carbons (Fsp3) is 0.0769. The molecule has 0 aliphatic rings. The molecule has 0 aliphatic heterocycles. The van der Waals surface area contributed by atoms with Gasteiger partial charge in [-0.15, -0.1) is 0 Å². The topological polar surface area (TPSA) is 84.2 Å². The van der Waals surface area contributed by atoms with E-state index in [0.29, 0.717) is 12.1 Å². The van der Waals surface area contributed by atoms with E-state index in [-0.39, 0.29) is 5.70 Å². The number of carbonyl (C=O) groups is 2. The third-order valence-corrected chi connectivity index (χ3v) is 6.83. The summed E-state index contributed by atoms with van der Waals surface area (Å²) in [5.41, 5.74) is 14.0. The second-order valence-electron chi connectivity index (χ2n) is 10.1. The van der Waals surface area contributed by atoms with Gasteiger partial charge in [-0.2, -0.15) is 0 Å². The Bertz CT molecular complexity index is 1650. The lowest BCUT2D eigenvalue weighted by Crippen LogP contribution is -2.24. The van der Waals surface area contributed by atoms with Gasteiger partial charge in [-0.3, -0.25) is 4.79 Å². The molecule has 0 radical (unpaired) electrons. The van der Waals surface area contributed by atoms with E-state index in [4.69, 9.17) is 5.73 Å². The van der Waals surface area contributed by atoms with E-state index >= 15 is 0 Å². The summed E-state index contributed by atoms with van der Waals surface area (Å²) < 4.78 is 0. The number of aldehydes is 1. The molecule has 0 bridgehead atoms. The molecule has 0 aromatic heterocycles. The number of nitrogens with one attached hydrogen (secondary N) is 2. The normalized spacial score (nSPS) is 10.7. The summed E-state index contributed by atoms with van der Waals surface area (Å²) in [6, 6.07) is 46.4. The van der Waals surface area contributed by atoms with Crippen LogP contribution in [0, 0.1) is 0 Å². The zero-order valence-corrected chi connectivity index (χ0v) is 24.7. The summed E-state index contributed by atoms with van der Waals surface area (Å²) >= 11 is 0. The molecule has 1 amide bonds. The van der Waals surface area contributed by atoms with Crippen LogP contribution in [0.15, 0.2) is 152 Å². The van der Waals surface area contributed by atoms with Crippen LogP contribution in [-0.4, -0.2) is 18.7 Å². The van der Waals surface area contributed by atoms with E-state index in [1.54, 1.807) is 6.08 Å². The highest BCUT2D eigenvalue weighted by molar-refractivity contribution is 5.97. The van der Waals surface area contributed by atoms with Crippen molar-refractivity contribution in [3.8, 4) is 22.3 Å². The molecule has 0 heterocycles. The maximum Gasteiger partial charge on any atom is 0.265 e. The number of primary amides is 1. The van der Waals surface area contributed by atoms with Crippen molar-refractivity contribution in [2.24, 2.45) is 5.73 Å². The molecule has 0 aliphatic carbocycles. The second kappa shape index (κ2) is 16.8. The third-order valence-electron chi connectivity index (χ3n) is 6.83. The first-order chi connectivity index (χ1) is 21.5. The number of benzene rings is 5. The maximum absolute atomic E-state index is 12.0. The van der Waals surface area contributed by atoms with Crippen LogP contribution in [-0.2, 0) is 16.1 Å². The number of hydrogen-bond donors (Lipinski definition) is 3. The molecule has 0 spiro atoms. The van der Waals surface area contributed by atoms with E-state index in [9.17, 15) is 9.59 Å². The molecule has 220 valence electrons. The molecular weight excluding hydrogens is 542 g/mol. The van der Waals surface area contributed by atoms with Crippen LogP contribution < -0.4 is 16.4 Å². The minimum Gasteiger partial charge on any atom is -0.364 e. The van der Waals surface area contributed by atoms with Crippen LogP contribution in [0.3, 0.4) is 0 Å². The first-order valence-corrected chi connectivity index (χ1v) is 14.5. The average molecular weight is 580 g/mol. The van der Waals surface area contributed by atoms with E-state index in [0.717, 1.165) is 52.8 Å². The summed E-state index contributed by atoms with van der Waals surface area (Å²) in [7, 11) is 0. The van der Waals surface area contributed by atoms with E-state index in [1.807, 2.05) is 103 Å². The molecule has 0 saturated carbocycles. The second-order valence-corrected chi connectivity index (χ2v) is 10.1. The lowest BCUT2D eigenvalue weighted by molar-refractivity contribution is -0.114.